The van der Waals surface area contributed by atoms with Crippen LogP contribution in [0.25, 0.3) is 0 Å². The molecule has 0 aromatic heterocycles. The third-order valence-electron chi connectivity index (χ3n) is 2.95. The van der Waals surface area contributed by atoms with Crippen molar-refractivity contribution in [2.75, 3.05) is 11.6 Å². The van der Waals surface area contributed by atoms with Gasteiger partial charge in [0.1, 0.15) is 5.82 Å². The second-order valence-electron chi connectivity index (χ2n) is 4.63. The van der Waals surface area contributed by atoms with Crippen molar-refractivity contribution < 1.29 is 9.18 Å². The van der Waals surface area contributed by atoms with E-state index in [4.69, 9.17) is 0 Å². The van der Waals surface area contributed by atoms with Crippen molar-refractivity contribution in [3.05, 3.63) is 34.1 Å². The van der Waals surface area contributed by atoms with E-state index in [9.17, 15) is 9.18 Å². The first-order valence-electron chi connectivity index (χ1n) is 6.11. The Bertz CT molecular complexity index is 466. The molecule has 2 atom stereocenters. The number of thioether (sulfide) groups is 1. The number of benzene rings is 1. The lowest BCUT2D eigenvalue weighted by Gasteiger charge is -2.17. The number of nitrogens with one attached hydrogen (secondary N) is 2. The first kappa shape index (κ1) is 14.8. The van der Waals surface area contributed by atoms with Crippen molar-refractivity contribution in [2.45, 2.75) is 25.4 Å². The summed E-state index contributed by atoms with van der Waals surface area (Å²) in [7, 11) is 0. The zero-order valence-electron chi connectivity index (χ0n) is 10.6. The molecule has 0 bridgehead atoms. The van der Waals surface area contributed by atoms with E-state index >= 15 is 0 Å². The Labute approximate surface area is 124 Å². The minimum atomic E-state index is -0.271. The van der Waals surface area contributed by atoms with Crippen LogP contribution in [-0.2, 0) is 11.2 Å². The van der Waals surface area contributed by atoms with Gasteiger partial charge in [-0.2, -0.15) is 0 Å². The van der Waals surface area contributed by atoms with Gasteiger partial charge in [0.15, 0.2) is 0 Å². The molecule has 0 saturated carbocycles. The predicted octanol–water partition coefficient (Wildman–Crippen LogP) is 2.30. The zero-order chi connectivity index (χ0) is 13.8. The lowest BCUT2D eigenvalue weighted by molar-refractivity contribution is -0.123. The van der Waals surface area contributed by atoms with E-state index in [1.165, 1.54) is 6.07 Å². The molecule has 2 rings (SSSR count). The van der Waals surface area contributed by atoms with Crippen molar-refractivity contribution >= 4 is 33.6 Å². The van der Waals surface area contributed by atoms with Crippen molar-refractivity contribution in [2.24, 2.45) is 0 Å². The van der Waals surface area contributed by atoms with E-state index in [0.717, 1.165) is 17.2 Å². The van der Waals surface area contributed by atoms with Crippen LogP contribution in [0, 0.1) is 5.82 Å². The molecule has 3 nitrogen and oxygen atoms in total. The lowest BCUT2D eigenvalue weighted by atomic mass is 10.1. The largest absolute Gasteiger partial charge is 0.352 e. The number of hydrogen-bond acceptors (Lipinski definition) is 3. The average Bonchev–Trinajstić information content (AvgIpc) is 2.87. The minimum absolute atomic E-state index is 0.0252. The highest BCUT2D eigenvalue weighted by Gasteiger charge is 2.23. The molecule has 1 aromatic rings. The van der Waals surface area contributed by atoms with E-state index in [0.29, 0.717) is 10.9 Å². The van der Waals surface area contributed by atoms with Gasteiger partial charge < -0.3 is 5.32 Å². The fourth-order valence-electron chi connectivity index (χ4n) is 1.98. The van der Waals surface area contributed by atoms with Gasteiger partial charge in [0, 0.05) is 17.7 Å². The van der Waals surface area contributed by atoms with Gasteiger partial charge in [-0.25, -0.2) is 4.39 Å². The topological polar surface area (TPSA) is 41.1 Å². The van der Waals surface area contributed by atoms with Crippen LogP contribution in [-0.4, -0.2) is 29.6 Å². The van der Waals surface area contributed by atoms with E-state index in [1.807, 2.05) is 6.92 Å². The summed E-state index contributed by atoms with van der Waals surface area (Å²) in [5.74, 6) is 1.42. The van der Waals surface area contributed by atoms with Crippen LogP contribution in [0.15, 0.2) is 22.7 Å². The highest BCUT2D eigenvalue weighted by molar-refractivity contribution is 9.10. The van der Waals surface area contributed by atoms with Gasteiger partial charge in [-0.1, -0.05) is 6.07 Å². The number of carbonyl (C=O) groups excluding carboxylic acids is 1. The molecule has 1 amide bonds. The highest BCUT2D eigenvalue weighted by atomic mass is 79.9. The molecule has 1 saturated heterocycles. The standard InChI is InChI=1S/C13H16BrFN2OS/c1-8(17-13(18)12-6-19-7-16-12)4-9-2-3-11(15)10(14)5-9/h2-3,5,8,12,16H,4,6-7H2,1H3,(H,17,18)/t8-,12-/m0/s1. The van der Waals surface area contributed by atoms with E-state index in [1.54, 1.807) is 23.9 Å². The van der Waals surface area contributed by atoms with Crippen LogP contribution < -0.4 is 10.6 Å². The molecule has 1 aliphatic heterocycles. The Morgan fingerprint density at radius 1 is 1.68 bits per heavy atom. The summed E-state index contributed by atoms with van der Waals surface area (Å²) in [6, 6.07) is 4.86. The van der Waals surface area contributed by atoms with Crippen LogP contribution in [0.4, 0.5) is 4.39 Å². The molecule has 6 heteroatoms. The van der Waals surface area contributed by atoms with E-state index < -0.39 is 0 Å². The zero-order valence-corrected chi connectivity index (χ0v) is 13.0. The number of halogens is 2. The molecule has 0 aliphatic carbocycles. The third kappa shape index (κ3) is 4.19. The van der Waals surface area contributed by atoms with Crippen LogP contribution >= 0.6 is 27.7 Å². The molecule has 0 unspecified atom stereocenters. The average molecular weight is 347 g/mol. The normalized spacial score (nSPS) is 20.3. The van der Waals surface area contributed by atoms with Crippen LogP contribution in [0.2, 0.25) is 0 Å². The number of hydrogen-bond donors (Lipinski definition) is 2. The monoisotopic (exact) mass is 346 g/mol. The van der Waals surface area contributed by atoms with E-state index in [-0.39, 0.29) is 23.8 Å². The summed E-state index contributed by atoms with van der Waals surface area (Å²) in [5.41, 5.74) is 0.995. The van der Waals surface area contributed by atoms with Gasteiger partial charge in [-0.15, -0.1) is 11.8 Å². The van der Waals surface area contributed by atoms with E-state index in [2.05, 4.69) is 26.6 Å². The molecular weight excluding hydrogens is 331 g/mol. The van der Waals surface area contributed by atoms with Crippen LogP contribution in [0.1, 0.15) is 12.5 Å². The maximum atomic E-state index is 13.1. The number of rotatable bonds is 4. The Morgan fingerprint density at radius 3 is 3.11 bits per heavy atom. The fraction of sp³-hybridized carbons (Fsp3) is 0.462. The van der Waals surface area contributed by atoms with Crippen molar-refractivity contribution in [1.82, 2.24) is 10.6 Å². The van der Waals surface area contributed by atoms with Crippen LogP contribution in [0.5, 0.6) is 0 Å². The first-order valence-corrected chi connectivity index (χ1v) is 8.06. The first-order chi connectivity index (χ1) is 9.06. The van der Waals surface area contributed by atoms with Gasteiger partial charge in [0.2, 0.25) is 5.91 Å². The summed E-state index contributed by atoms with van der Waals surface area (Å²) in [6.45, 7) is 1.96. The van der Waals surface area contributed by atoms with Crippen molar-refractivity contribution in [3.8, 4) is 0 Å². The summed E-state index contributed by atoms with van der Waals surface area (Å²) in [4.78, 5) is 11.9. The van der Waals surface area contributed by atoms with Gasteiger partial charge >= 0.3 is 0 Å². The maximum absolute atomic E-state index is 13.1. The summed E-state index contributed by atoms with van der Waals surface area (Å²) in [6.07, 6.45) is 0.685. The van der Waals surface area contributed by atoms with Gasteiger partial charge in [0.05, 0.1) is 10.5 Å². The predicted molar refractivity (Wildman–Crippen MR) is 79.7 cm³/mol. The quantitative estimate of drug-likeness (QED) is 0.878. The molecule has 2 N–H and O–H groups in total. The molecule has 1 fully saturated rings. The van der Waals surface area contributed by atoms with Gasteiger partial charge in [0.25, 0.3) is 0 Å². The molecular formula is C13H16BrFN2OS. The molecule has 104 valence electrons. The van der Waals surface area contributed by atoms with Crippen LogP contribution in [0.3, 0.4) is 0 Å². The summed E-state index contributed by atoms with van der Waals surface area (Å²) >= 11 is 4.89. The Kier molecular flexibility index (Phi) is 5.24. The Balaban J connectivity index is 1.87. The molecule has 1 heterocycles. The highest BCUT2D eigenvalue weighted by Crippen LogP contribution is 2.18. The van der Waals surface area contributed by atoms with Gasteiger partial charge in [-0.05, 0) is 47.0 Å². The fourth-order valence-corrected chi connectivity index (χ4v) is 3.35. The third-order valence-corrected chi connectivity index (χ3v) is 4.49. The smallest absolute Gasteiger partial charge is 0.238 e. The molecule has 0 radical (unpaired) electrons. The number of carbonyl (C=O) groups is 1. The van der Waals surface area contributed by atoms with Crippen molar-refractivity contribution in [1.29, 1.82) is 0 Å². The lowest BCUT2D eigenvalue weighted by Crippen LogP contribution is -2.46. The Morgan fingerprint density at radius 2 is 2.47 bits per heavy atom. The summed E-state index contributed by atoms with van der Waals surface area (Å²) in [5, 5.41) is 6.12. The second-order valence-corrected chi connectivity index (χ2v) is 6.52. The summed E-state index contributed by atoms with van der Waals surface area (Å²) < 4.78 is 13.6. The molecule has 19 heavy (non-hydrogen) atoms. The Hall–Kier alpha value is -0.590. The SMILES string of the molecule is C[C@@H](Cc1ccc(F)c(Br)c1)NC(=O)[C@@H]1CSCN1. The molecule has 1 aliphatic rings. The molecule has 0 spiro atoms. The minimum Gasteiger partial charge on any atom is -0.352 e. The maximum Gasteiger partial charge on any atom is 0.238 e. The number of amides is 1. The molecule has 1 aromatic carbocycles. The second kappa shape index (κ2) is 6.72. The van der Waals surface area contributed by atoms with Crippen molar-refractivity contribution in [3.63, 3.8) is 0 Å². The van der Waals surface area contributed by atoms with Gasteiger partial charge in [-0.3, -0.25) is 10.1 Å².